The Hall–Kier alpha value is -2.47. The van der Waals surface area contributed by atoms with Crippen LogP contribution in [0.5, 0.6) is 5.75 Å². The van der Waals surface area contributed by atoms with Gasteiger partial charge in [0.1, 0.15) is 5.75 Å². The van der Waals surface area contributed by atoms with Gasteiger partial charge < -0.3 is 15.0 Å². The highest BCUT2D eigenvalue weighted by atomic mass is 16.5. The molecule has 1 saturated heterocycles. The van der Waals surface area contributed by atoms with Crippen molar-refractivity contribution in [3.05, 3.63) is 54.6 Å². The van der Waals surface area contributed by atoms with E-state index in [0.717, 1.165) is 38.0 Å². The highest BCUT2D eigenvalue weighted by Crippen LogP contribution is 2.19. The second-order valence-electron chi connectivity index (χ2n) is 6.57. The summed E-state index contributed by atoms with van der Waals surface area (Å²) in [4.78, 5) is 23.6. The topological polar surface area (TPSA) is 67.3 Å². The SMILES string of the molecule is CC(Oc1cccnc1)C(=O)N(Cc1ccccn1)C1CCCNCC1. The molecule has 0 bridgehead atoms. The molecule has 0 saturated carbocycles. The number of hydrogen-bond donors (Lipinski definition) is 1. The van der Waals surface area contributed by atoms with E-state index in [4.69, 9.17) is 4.74 Å². The Labute approximate surface area is 154 Å². The Bertz CT molecular complexity index is 673. The van der Waals surface area contributed by atoms with Crippen LogP contribution in [0.3, 0.4) is 0 Å². The molecule has 1 N–H and O–H groups in total. The molecule has 1 aliphatic heterocycles. The van der Waals surface area contributed by atoms with Crippen molar-refractivity contribution in [3.8, 4) is 5.75 Å². The first-order valence-electron chi connectivity index (χ1n) is 9.22. The lowest BCUT2D eigenvalue weighted by Crippen LogP contribution is -2.46. The van der Waals surface area contributed by atoms with E-state index in [1.807, 2.05) is 29.2 Å². The number of nitrogens with one attached hydrogen (secondary N) is 1. The van der Waals surface area contributed by atoms with Gasteiger partial charge in [0.2, 0.25) is 0 Å². The van der Waals surface area contributed by atoms with Gasteiger partial charge >= 0.3 is 0 Å². The normalized spacial score (nSPS) is 18.6. The molecule has 26 heavy (non-hydrogen) atoms. The number of aromatic nitrogens is 2. The second kappa shape index (κ2) is 9.29. The predicted molar refractivity (Wildman–Crippen MR) is 99.6 cm³/mol. The van der Waals surface area contributed by atoms with E-state index in [-0.39, 0.29) is 11.9 Å². The van der Waals surface area contributed by atoms with Crippen LogP contribution in [0, 0.1) is 0 Å². The molecule has 1 amide bonds. The monoisotopic (exact) mass is 354 g/mol. The minimum absolute atomic E-state index is 0.00796. The standard InChI is InChI=1S/C20H26N4O2/c1-16(26-19-8-5-11-22-14-19)20(25)24(15-17-6-2-3-12-23-17)18-7-4-10-21-13-9-18/h2-3,5-6,8,11-12,14,16,18,21H,4,7,9-10,13,15H2,1H3. The molecule has 2 aromatic heterocycles. The van der Waals surface area contributed by atoms with Gasteiger partial charge in [-0.1, -0.05) is 6.07 Å². The largest absolute Gasteiger partial charge is 0.479 e. The predicted octanol–water partition coefficient (Wildman–Crippen LogP) is 2.41. The summed E-state index contributed by atoms with van der Waals surface area (Å²) < 4.78 is 5.83. The fraction of sp³-hybridized carbons (Fsp3) is 0.450. The summed E-state index contributed by atoms with van der Waals surface area (Å²) in [7, 11) is 0. The molecule has 0 aliphatic carbocycles. The first-order valence-corrected chi connectivity index (χ1v) is 9.22. The van der Waals surface area contributed by atoms with E-state index >= 15 is 0 Å². The molecule has 0 radical (unpaired) electrons. The summed E-state index contributed by atoms with van der Waals surface area (Å²) in [6, 6.07) is 9.61. The summed E-state index contributed by atoms with van der Waals surface area (Å²) in [6.07, 6.45) is 7.51. The van der Waals surface area contributed by atoms with Crippen molar-refractivity contribution in [2.75, 3.05) is 13.1 Å². The molecule has 138 valence electrons. The van der Waals surface area contributed by atoms with E-state index in [9.17, 15) is 4.79 Å². The third kappa shape index (κ3) is 5.02. The first kappa shape index (κ1) is 18.3. The zero-order valence-electron chi connectivity index (χ0n) is 15.2. The Balaban J connectivity index is 1.75. The molecular weight excluding hydrogens is 328 g/mol. The molecule has 0 aromatic carbocycles. The number of pyridine rings is 2. The van der Waals surface area contributed by atoms with E-state index in [0.29, 0.717) is 12.3 Å². The third-order valence-corrected chi connectivity index (χ3v) is 4.62. The average Bonchev–Trinajstić information content (AvgIpc) is 2.96. The van der Waals surface area contributed by atoms with E-state index in [1.54, 1.807) is 31.6 Å². The van der Waals surface area contributed by atoms with Crippen LogP contribution >= 0.6 is 0 Å². The van der Waals surface area contributed by atoms with Crippen molar-refractivity contribution in [2.24, 2.45) is 0 Å². The van der Waals surface area contributed by atoms with Crippen molar-refractivity contribution in [1.29, 1.82) is 0 Å². The van der Waals surface area contributed by atoms with E-state index in [2.05, 4.69) is 15.3 Å². The van der Waals surface area contributed by atoms with Crippen LogP contribution in [0.4, 0.5) is 0 Å². The van der Waals surface area contributed by atoms with E-state index < -0.39 is 6.10 Å². The highest BCUT2D eigenvalue weighted by Gasteiger charge is 2.29. The summed E-state index contributed by atoms with van der Waals surface area (Å²) in [5.41, 5.74) is 0.895. The lowest BCUT2D eigenvalue weighted by atomic mass is 10.1. The molecule has 2 unspecified atom stereocenters. The molecule has 3 rings (SSSR count). The number of carbonyl (C=O) groups is 1. The van der Waals surface area contributed by atoms with Gasteiger partial charge in [-0.3, -0.25) is 14.8 Å². The van der Waals surface area contributed by atoms with Crippen molar-refractivity contribution < 1.29 is 9.53 Å². The van der Waals surface area contributed by atoms with Crippen LogP contribution in [0.1, 0.15) is 31.9 Å². The highest BCUT2D eigenvalue weighted by molar-refractivity contribution is 5.81. The van der Waals surface area contributed by atoms with Crippen molar-refractivity contribution in [2.45, 2.75) is 44.9 Å². The maximum Gasteiger partial charge on any atom is 0.263 e. The van der Waals surface area contributed by atoms with Gasteiger partial charge in [0.05, 0.1) is 18.4 Å². The Kier molecular flexibility index (Phi) is 6.55. The van der Waals surface area contributed by atoms with Crippen LogP contribution in [0.2, 0.25) is 0 Å². The number of hydrogen-bond acceptors (Lipinski definition) is 5. The third-order valence-electron chi connectivity index (χ3n) is 4.62. The van der Waals surface area contributed by atoms with Gasteiger partial charge in [-0.2, -0.15) is 0 Å². The smallest absolute Gasteiger partial charge is 0.263 e. The molecular formula is C20H26N4O2. The van der Waals surface area contributed by atoms with Crippen LogP contribution in [0.25, 0.3) is 0 Å². The minimum Gasteiger partial charge on any atom is -0.479 e. The van der Waals surface area contributed by atoms with Gasteiger partial charge in [-0.25, -0.2) is 0 Å². The number of nitrogens with zero attached hydrogens (tertiary/aromatic N) is 3. The fourth-order valence-electron chi connectivity index (χ4n) is 3.27. The van der Waals surface area contributed by atoms with Gasteiger partial charge in [-0.15, -0.1) is 0 Å². The van der Waals surface area contributed by atoms with Crippen LogP contribution in [-0.2, 0) is 11.3 Å². The minimum atomic E-state index is -0.570. The van der Waals surface area contributed by atoms with Crippen molar-refractivity contribution in [3.63, 3.8) is 0 Å². The summed E-state index contributed by atoms with van der Waals surface area (Å²) in [5.74, 6) is 0.597. The molecule has 2 aromatic rings. The van der Waals surface area contributed by atoms with Gasteiger partial charge in [0.25, 0.3) is 5.91 Å². The summed E-state index contributed by atoms with van der Waals surface area (Å²) in [6.45, 7) is 4.24. The van der Waals surface area contributed by atoms with E-state index in [1.165, 1.54) is 0 Å². The van der Waals surface area contributed by atoms with Gasteiger partial charge in [0.15, 0.2) is 6.10 Å². The average molecular weight is 354 g/mol. The number of ether oxygens (including phenoxy) is 1. The van der Waals surface area contributed by atoms with Crippen molar-refractivity contribution >= 4 is 5.91 Å². The fourth-order valence-corrected chi connectivity index (χ4v) is 3.27. The lowest BCUT2D eigenvalue weighted by Gasteiger charge is -2.33. The summed E-state index contributed by atoms with van der Waals surface area (Å²) in [5, 5.41) is 3.41. The molecule has 1 fully saturated rings. The maximum absolute atomic E-state index is 13.2. The first-order chi connectivity index (χ1) is 12.7. The molecule has 0 spiro atoms. The lowest BCUT2D eigenvalue weighted by molar-refractivity contribution is -0.141. The van der Waals surface area contributed by atoms with Gasteiger partial charge in [0, 0.05) is 18.4 Å². The molecule has 6 heteroatoms. The number of rotatable bonds is 6. The molecule has 3 heterocycles. The summed E-state index contributed by atoms with van der Waals surface area (Å²) >= 11 is 0. The molecule has 1 aliphatic rings. The quantitative estimate of drug-likeness (QED) is 0.863. The Morgan fingerprint density at radius 2 is 2.19 bits per heavy atom. The van der Waals surface area contributed by atoms with Crippen molar-refractivity contribution in [1.82, 2.24) is 20.2 Å². The zero-order chi connectivity index (χ0) is 18.2. The zero-order valence-corrected chi connectivity index (χ0v) is 15.2. The Morgan fingerprint density at radius 3 is 2.96 bits per heavy atom. The van der Waals surface area contributed by atoms with Crippen LogP contribution in [-0.4, -0.2) is 46.0 Å². The molecule has 2 atom stereocenters. The molecule has 6 nitrogen and oxygen atoms in total. The van der Waals surface area contributed by atoms with Gasteiger partial charge in [-0.05, 0) is 63.5 Å². The second-order valence-corrected chi connectivity index (χ2v) is 6.57. The maximum atomic E-state index is 13.2. The van der Waals surface area contributed by atoms with Crippen LogP contribution < -0.4 is 10.1 Å². The van der Waals surface area contributed by atoms with Crippen LogP contribution in [0.15, 0.2) is 48.9 Å². The Morgan fingerprint density at radius 1 is 1.27 bits per heavy atom. The number of carbonyl (C=O) groups excluding carboxylic acids is 1. The number of amides is 1.